The third-order valence-corrected chi connectivity index (χ3v) is 6.38. The summed E-state index contributed by atoms with van der Waals surface area (Å²) in [5, 5.41) is 15.3. The summed E-state index contributed by atoms with van der Waals surface area (Å²) in [6.45, 7) is 0.343. The maximum absolute atomic E-state index is 13.2. The van der Waals surface area contributed by atoms with Crippen molar-refractivity contribution in [3.05, 3.63) is 12.2 Å². The molecule has 1 saturated carbocycles. The van der Waals surface area contributed by atoms with Crippen LogP contribution in [0.4, 0.5) is 4.79 Å². The number of nitrogens with one attached hydrogen (secondary N) is 2. The van der Waals surface area contributed by atoms with E-state index in [4.69, 9.17) is 0 Å². The van der Waals surface area contributed by atoms with Gasteiger partial charge in [-0.2, -0.15) is 0 Å². The van der Waals surface area contributed by atoms with E-state index in [2.05, 4.69) is 10.6 Å². The molecule has 1 aliphatic heterocycles. The second kappa shape index (κ2) is 10.6. The van der Waals surface area contributed by atoms with E-state index < -0.39 is 23.9 Å². The Bertz CT molecular complexity index is 676. The topological polar surface area (TPSA) is 119 Å². The van der Waals surface area contributed by atoms with E-state index in [1.807, 2.05) is 12.2 Å². The highest BCUT2D eigenvalue weighted by atomic mass is 16.5. The number of urea groups is 1. The standard InChI is InChI=1S/C21H32N4O5/c26-14-24(30)13-16(12-15-6-1-2-7-15)20(28)25-11-5-10-18(25)19(27)23-21(29)22-17-8-3-4-9-17/h3,8,14-18,30H,1-2,4-7,9-13H2,(H2,22,23,27,29)/t16-,17?,18+/m1/s1. The van der Waals surface area contributed by atoms with E-state index in [0.29, 0.717) is 43.2 Å². The largest absolute Gasteiger partial charge is 0.332 e. The lowest BCUT2D eigenvalue weighted by atomic mass is 9.91. The molecule has 3 N–H and O–H groups in total. The lowest BCUT2D eigenvalue weighted by molar-refractivity contribution is -0.158. The molecular formula is C21H32N4O5. The van der Waals surface area contributed by atoms with Crippen molar-refractivity contribution >= 4 is 24.3 Å². The van der Waals surface area contributed by atoms with Gasteiger partial charge in [-0.1, -0.05) is 37.8 Å². The Balaban J connectivity index is 1.60. The van der Waals surface area contributed by atoms with E-state index >= 15 is 0 Å². The Kier molecular flexibility index (Phi) is 7.84. The lowest BCUT2D eigenvalue weighted by Gasteiger charge is -2.30. The third-order valence-electron chi connectivity index (χ3n) is 6.38. The van der Waals surface area contributed by atoms with Crippen molar-refractivity contribution in [1.82, 2.24) is 20.6 Å². The molecule has 1 saturated heterocycles. The minimum atomic E-state index is -0.711. The quantitative estimate of drug-likeness (QED) is 0.238. The number of hydrogen-bond donors (Lipinski definition) is 3. The number of carbonyl (C=O) groups excluding carboxylic acids is 4. The smallest absolute Gasteiger partial charge is 0.321 e. The lowest BCUT2D eigenvalue weighted by Crippen LogP contribution is -2.53. The van der Waals surface area contributed by atoms with Gasteiger partial charge in [0.15, 0.2) is 0 Å². The molecule has 2 fully saturated rings. The van der Waals surface area contributed by atoms with Gasteiger partial charge in [-0.05, 0) is 38.0 Å². The average Bonchev–Trinajstić information content (AvgIpc) is 3.48. The van der Waals surface area contributed by atoms with Crippen LogP contribution in [-0.4, -0.2) is 64.6 Å². The highest BCUT2D eigenvalue weighted by molar-refractivity contribution is 5.99. The van der Waals surface area contributed by atoms with Gasteiger partial charge in [0.05, 0.1) is 12.5 Å². The summed E-state index contributed by atoms with van der Waals surface area (Å²) in [7, 11) is 0. The van der Waals surface area contributed by atoms with Crippen LogP contribution in [0.2, 0.25) is 0 Å². The Morgan fingerprint density at radius 2 is 1.93 bits per heavy atom. The van der Waals surface area contributed by atoms with Crippen molar-refractivity contribution in [2.75, 3.05) is 13.1 Å². The van der Waals surface area contributed by atoms with Gasteiger partial charge in [-0.15, -0.1) is 0 Å². The Labute approximate surface area is 176 Å². The summed E-state index contributed by atoms with van der Waals surface area (Å²) in [5.74, 6) is -0.899. The third kappa shape index (κ3) is 5.81. The average molecular weight is 421 g/mol. The van der Waals surface area contributed by atoms with Crippen LogP contribution in [0.1, 0.15) is 57.8 Å². The van der Waals surface area contributed by atoms with E-state index in [0.717, 1.165) is 38.5 Å². The summed E-state index contributed by atoms with van der Waals surface area (Å²) in [5.41, 5.74) is 0. The molecule has 30 heavy (non-hydrogen) atoms. The van der Waals surface area contributed by atoms with Crippen molar-refractivity contribution in [1.29, 1.82) is 0 Å². The molecule has 0 aromatic rings. The molecule has 0 aromatic heterocycles. The molecule has 3 rings (SSSR count). The molecule has 2 aliphatic carbocycles. The van der Waals surface area contributed by atoms with E-state index in [-0.39, 0.29) is 18.5 Å². The fourth-order valence-corrected chi connectivity index (χ4v) is 4.86. The van der Waals surface area contributed by atoms with Crippen molar-refractivity contribution in [2.24, 2.45) is 11.8 Å². The Morgan fingerprint density at radius 1 is 1.17 bits per heavy atom. The van der Waals surface area contributed by atoms with E-state index in [1.54, 1.807) is 0 Å². The van der Waals surface area contributed by atoms with Crippen LogP contribution < -0.4 is 10.6 Å². The molecule has 3 aliphatic rings. The first-order valence-electron chi connectivity index (χ1n) is 11.0. The molecule has 0 spiro atoms. The molecule has 9 heteroatoms. The van der Waals surface area contributed by atoms with Crippen LogP contribution in [0, 0.1) is 11.8 Å². The van der Waals surface area contributed by atoms with Crippen molar-refractivity contribution in [3.63, 3.8) is 0 Å². The number of allylic oxidation sites excluding steroid dienone is 1. The molecular weight excluding hydrogens is 388 g/mol. The molecule has 166 valence electrons. The second-order valence-corrected chi connectivity index (χ2v) is 8.57. The summed E-state index contributed by atoms with van der Waals surface area (Å²) in [6.07, 6.45) is 12.0. The normalized spacial score (nSPS) is 24.6. The number of hydrogen-bond acceptors (Lipinski definition) is 5. The predicted octanol–water partition coefficient (Wildman–Crippen LogP) is 1.57. The van der Waals surface area contributed by atoms with Crippen molar-refractivity contribution < 1.29 is 24.4 Å². The number of rotatable bonds is 8. The minimum absolute atomic E-state index is 0.0752. The molecule has 1 heterocycles. The van der Waals surface area contributed by atoms with Crippen LogP contribution in [0.15, 0.2) is 12.2 Å². The van der Waals surface area contributed by atoms with Gasteiger partial charge in [0, 0.05) is 12.6 Å². The SMILES string of the molecule is O=CN(O)C[C@@H](CC1CCCC1)C(=O)N1CCC[C@H]1C(=O)NC(=O)NC1C=CCC1. The monoisotopic (exact) mass is 420 g/mol. The Morgan fingerprint density at radius 3 is 2.60 bits per heavy atom. The van der Waals surface area contributed by atoms with Gasteiger partial charge in [0.25, 0.3) is 5.91 Å². The van der Waals surface area contributed by atoms with Crippen molar-refractivity contribution in [2.45, 2.75) is 69.9 Å². The summed E-state index contributed by atoms with van der Waals surface area (Å²) >= 11 is 0. The van der Waals surface area contributed by atoms with Crippen LogP contribution in [-0.2, 0) is 14.4 Å². The highest BCUT2D eigenvalue weighted by Crippen LogP contribution is 2.32. The first kappa shape index (κ1) is 22.3. The molecule has 1 unspecified atom stereocenters. The molecule has 5 amide bonds. The first-order valence-corrected chi connectivity index (χ1v) is 11.0. The fraction of sp³-hybridized carbons (Fsp3) is 0.714. The first-order chi connectivity index (χ1) is 14.5. The van der Waals surface area contributed by atoms with E-state index in [1.165, 1.54) is 4.90 Å². The number of imide groups is 1. The van der Waals surface area contributed by atoms with Gasteiger partial charge in [-0.3, -0.25) is 24.9 Å². The molecule has 0 aromatic carbocycles. The van der Waals surface area contributed by atoms with Gasteiger partial charge in [-0.25, -0.2) is 9.86 Å². The number of carbonyl (C=O) groups is 4. The number of nitrogens with zero attached hydrogens (tertiary/aromatic N) is 2. The number of amides is 5. The highest BCUT2D eigenvalue weighted by Gasteiger charge is 2.39. The van der Waals surface area contributed by atoms with Crippen LogP contribution in [0.5, 0.6) is 0 Å². The van der Waals surface area contributed by atoms with Crippen LogP contribution in [0.25, 0.3) is 0 Å². The maximum Gasteiger partial charge on any atom is 0.321 e. The van der Waals surface area contributed by atoms with Gasteiger partial charge in [0.1, 0.15) is 6.04 Å². The summed E-state index contributed by atoms with van der Waals surface area (Å²) < 4.78 is 0. The van der Waals surface area contributed by atoms with E-state index in [9.17, 15) is 24.4 Å². The second-order valence-electron chi connectivity index (χ2n) is 8.57. The minimum Gasteiger partial charge on any atom is -0.332 e. The zero-order valence-electron chi connectivity index (χ0n) is 17.3. The Hall–Kier alpha value is -2.42. The van der Waals surface area contributed by atoms with Crippen molar-refractivity contribution in [3.8, 4) is 0 Å². The number of likely N-dealkylation sites (tertiary alicyclic amines) is 1. The number of hydroxylamine groups is 2. The molecule has 0 radical (unpaired) electrons. The molecule has 0 bridgehead atoms. The molecule has 9 nitrogen and oxygen atoms in total. The molecule has 3 atom stereocenters. The summed E-state index contributed by atoms with van der Waals surface area (Å²) in [4.78, 5) is 50.5. The van der Waals surface area contributed by atoms with Gasteiger partial charge in [0.2, 0.25) is 12.3 Å². The van der Waals surface area contributed by atoms with Crippen LogP contribution >= 0.6 is 0 Å². The zero-order valence-corrected chi connectivity index (χ0v) is 17.3. The van der Waals surface area contributed by atoms with Gasteiger partial charge >= 0.3 is 6.03 Å². The van der Waals surface area contributed by atoms with Crippen LogP contribution in [0.3, 0.4) is 0 Å². The zero-order chi connectivity index (χ0) is 21.5. The maximum atomic E-state index is 13.2. The summed E-state index contributed by atoms with van der Waals surface area (Å²) in [6, 6.07) is -1.34. The van der Waals surface area contributed by atoms with Gasteiger partial charge < -0.3 is 10.2 Å². The predicted molar refractivity (Wildman–Crippen MR) is 108 cm³/mol. The fourth-order valence-electron chi connectivity index (χ4n) is 4.86.